The van der Waals surface area contributed by atoms with Gasteiger partial charge in [0.1, 0.15) is 17.2 Å². The molecule has 1 heterocycles. The number of hydrogen-bond acceptors (Lipinski definition) is 7. The Morgan fingerprint density at radius 3 is 2.43 bits per heavy atom. The molecule has 0 amide bonds. The molecule has 0 aliphatic rings. The van der Waals surface area contributed by atoms with Gasteiger partial charge in [-0.3, -0.25) is 5.41 Å². The van der Waals surface area contributed by atoms with Crippen molar-refractivity contribution >= 4 is 32.8 Å². The number of alkyl halides is 5. The van der Waals surface area contributed by atoms with Crippen molar-refractivity contribution < 1.29 is 39.5 Å². The van der Waals surface area contributed by atoms with Crippen LogP contribution < -0.4 is 10.1 Å². The smallest absolute Gasteiger partial charge is 0.432 e. The molecule has 0 aliphatic carbocycles. The van der Waals surface area contributed by atoms with E-state index >= 15 is 0 Å². The van der Waals surface area contributed by atoms with Crippen molar-refractivity contribution in [3.05, 3.63) is 83.9 Å². The summed E-state index contributed by atoms with van der Waals surface area (Å²) < 4.78 is 99.0. The average molecular weight is 626 g/mol. The van der Waals surface area contributed by atoms with E-state index in [0.717, 1.165) is 12.5 Å². The quantitative estimate of drug-likeness (QED) is 0.144. The molecule has 220 valence electrons. The highest BCUT2D eigenvalue weighted by Gasteiger charge is 2.32. The highest BCUT2D eigenvalue weighted by Crippen LogP contribution is 2.41. The van der Waals surface area contributed by atoms with Crippen LogP contribution in [0.15, 0.2) is 82.3 Å². The lowest BCUT2D eigenvalue weighted by Crippen LogP contribution is -2.19. The molecule has 7 nitrogen and oxygen atoms in total. The molecule has 0 aliphatic heterocycles. The summed E-state index contributed by atoms with van der Waals surface area (Å²) in [6.07, 6.45) is -2.32. The molecule has 0 bridgehead atoms. The Kier molecular flexibility index (Phi) is 8.73. The number of ether oxygens (including phenoxy) is 1. The number of sulfone groups is 1. The fourth-order valence-electron chi connectivity index (χ4n) is 3.90. The first-order chi connectivity index (χ1) is 19.6. The van der Waals surface area contributed by atoms with Gasteiger partial charge in [0.05, 0.1) is 9.92 Å². The van der Waals surface area contributed by atoms with Crippen LogP contribution in [0, 0.1) is 12.3 Å². The predicted molar refractivity (Wildman–Crippen MR) is 149 cm³/mol. The summed E-state index contributed by atoms with van der Waals surface area (Å²) in [7, 11) is -3.53. The zero-order valence-electron chi connectivity index (χ0n) is 21.8. The van der Waals surface area contributed by atoms with Crippen LogP contribution in [0.4, 0.5) is 27.6 Å². The summed E-state index contributed by atoms with van der Waals surface area (Å²) in [5.41, 5.74) is 0.423. The maximum atomic E-state index is 12.9. The molecule has 0 spiro atoms. The normalized spacial score (nSPS) is 12.2. The van der Waals surface area contributed by atoms with Crippen molar-refractivity contribution in [1.82, 2.24) is 4.98 Å². The van der Waals surface area contributed by atoms with Gasteiger partial charge in [0.2, 0.25) is 0 Å². The second-order valence-electron chi connectivity index (χ2n) is 8.88. The Morgan fingerprint density at radius 1 is 1.07 bits per heavy atom. The number of aromatic nitrogens is 1. The number of halogens is 6. The first-order valence-corrected chi connectivity index (χ1v) is 14.2. The number of aryl methyl sites for hydroxylation is 1. The number of allylic oxidation sites excluding steroid dienone is 1. The van der Waals surface area contributed by atoms with Gasteiger partial charge in [0.25, 0.3) is 0 Å². The molecular weight excluding hydrogens is 605 g/mol. The molecule has 4 rings (SSSR count). The Hall–Kier alpha value is -4.23. The molecule has 3 aromatic carbocycles. The van der Waals surface area contributed by atoms with Crippen molar-refractivity contribution in [1.29, 1.82) is 5.41 Å². The summed E-state index contributed by atoms with van der Waals surface area (Å²) in [4.78, 5) is 4.45. The average Bonchev–Trinajstić information content (AvgIpc) is 3.30. The SMILES string of the molecule is Cc1nc(-c2ccc(Cl)c(OC(F)F)c2)c(-c2cc(-c3cccc(S(C)(=O)=O)c3)ccc2N/C=C\C(=N)C(F)(F)F)o1. The molecular formula is C28H21ClF5N3O4S. The number of oxazole rings is 1. The van der Waals surface area contributed by atoms with Gasteiger partial charge in [-0.05, 0) is 53.6 Å². The first kappa shape index (κ1) is 30.7. The molecule has 1 aromatic heterocycles. The lowest BCUT2D eigenvalue weighted by Gasteiger charge is -2.13. The first-order valence-electron chi connectivity index (χ1n) is 11.9. The monoisotopic (exact) mass is 625 g/mol. The van der Waals surface area contributed by atoms with Crippen LogP contribution in [0.25, 0.3) is 33.7 Å². The van der Waals surface area contributed by atoms with Gasteiger partial charge in [0, 0.05) is 36.2 Å². The van der Waals surface area contributed by atoms with Gasteiger partial charge in [-0.15, -0.1) is 0 Å². The molecule has 0 unspecified atom stereocenters. The third-order valence-corrected chi connectivity index (χ3v) is 7.23. The summed E-state index contributed by atoms with van der Waals surface area (Å²) in [6.45, 7) is -1.61. The van der Waals surface area contributed by atoms with Gasteiger partial charge in [0.15, 0.2) is 21.5 Å². The maximum Gasteiger partial charge on any atom is 0.432 e. The van der Waals surface area contributed by atoms with Crippen molar-refractivity contribution in [2.75, 3.05) is 11.6 Å². The fourth-order valence-corrected chi connectivity index (χ4v) is 4.72. The van der Waals surface area contributed by atoms with Crippen molar-refractivity contribution in [2.45, 2.75) is 24.6 Å². The summed E-state index contributed by atoms with van der Waals surface area (Å²) in [6, 6.07) is 14.9. The Bertz CT molecular complexity index is 1790. The summed E-state index contributed by atoms with van der Waals surface area (Å²) in [5.74, 6) is -0.0223. The molecule has 4 aromatic rings. The van der Waals surface area contributed by atoms with Crippen LogP contribution >= 0.6 is 11.6 Å². The van der Waals surface area contributed by atoms with E-state index in [9.17, 15) is 30.4 Å². The molecule has 2 N–H and O–H groups in total. The fraction of sp³-hybridized carbons (Fsp3) is 0.143. The minimum atomic E-state index is -4.85. The number of rotatable bonds is 9. The second kappa shape index (κ2) is 11.9. The van der Waals surface area contributed by atoms with Crippen LogP contribution in [0.5, 0.6) is 5.75 Å². The van der Waals surface area contributed by atoms with Crippen molar-refractivity contribution in [3.63, 3.8) is 0 Å². The summed E-state index contributed by atoms with van der Waals surface area (Å²) in [5, 5.41) is 9.81. The standard InChI is InChI=1S/C28H21ClF5N3O4S/c1-15-37-25(18-6-8-21(29)23(14-18)41-27(30)31)26(40-15)20-13-17(16-4-3-5-19(12-16)42(2,38)39)7-9-22(20)36-11-10-24(35)28(32,33)34/h3-14,27,35-36H,1-2H3/b11-10-,35-24?. The molecule has 0 fully saturated rings. The number of nitrogens with zero attached hydrogens (tertiary/aromatic N) is 1. The largest absolute Gasteiger partial charge is 0.440 e. The van der Waals surface area contributed by atoms with Crippen LogP contribution in [-0.4, -0.2) is 38.2 Å². The van der Waals surface area contributed by atoms with Crippen LogP contribution in [0.1, 0.15) is 5.89 Å². The van der Waals surface area contributed by atoms with Crippen LogP contribution in [0.2, 0.25) is 5.02 Å². The number of hydrogen-bond donors (Lipinski definition) is 2. The van der Waals surface area contributed by atoms with Gasteiger partial charge in [-0.1, -0.05) is 35.9 Å². The molecule has 0 saturated heterocycles. The highest BCUT2D eigenvalue weighted by molar-refractivity contribution is 7.90. The van der Waals surface area contributed by atoms with Gasteiger partial charge < -0.3 is 14.5 Å². The van der Waals surface area contributed by atoms with E-state index in [1.165, 1.54) is 43.3 Å². The van der Waals surface area contributed by atoms with Gasteiger partial charge in [-0.25, -0.2) is 13.4 Å². The van der Waals surface area contributed by atoms with Crippen molar-refractivity contribution in [2.24, 2.45) is 0 Å². The highest BCUT2D eigenvalue weighted by atomic mass is 35.5. The van der Waals surface area contributed by atoms with Gasteiger partial charge in [-0.2, -0.15) is 22.0 Å². The third kappa shape index (κ3) is 7.15. The molecule has 0 atom stereocenters. The third-order valence-electron chi connectivity index (χ3n) is 5.81. The predicted octanol–water partition coefficient (Wildman–Crippen LogP) is 8.15. The van der Waals surface area contributed by atoms with E-state index in [1.54, 1.807) is 24.3 Å². The minimum absolute atomic E-state index is 0.0706. The number of nitrogens with one attached hydrogen (secondary N) is 2. The van der Waals surface area contributed by atoms with E-state index in [-0.39, 0.29) is 49.8 Å². The Balaban J connectivity index is 1.88. The van der Waals surface area contributed by atoms with E-state index in [0.29, 0.717) is 17.2 Å². The number of anilines is 1. The van der Waals surface area contributed by atoms with E-state index in [1.807, 2.05) is 0 Å². The maximum absolute atomic E-state index is 12.9. The van der Waals surface area contributed by atoms with Crippen LogP contribution in [-0.2, 0) is 9.84 Å². The second-order valence-corrected chi connectivity index (χ2v) is 11.3. The zero-order chi connectivity index (χ0) is 30.8. The Labute approximate surface area is 242 Å². The van der Waals surface area contributed by atoms with Crippen molar-refractivity contribution in [3.8, 4) is 39.5 Å². The molecule has 0 radical (unpaired) electrons. The lowest BCUT2D eigenvalue weighted by atomic mass is 9.98. The molecule has 42 heavy (non-hydrogen) atoms. The van der Waals surface area contributed by atoms with E-state index < -0.39 is 28.3 Å². The van der Waals surface area contributed by atoms with Gasteiger partial charge >= 0.3 is 12.8 Å². The molecule has 14 heteroatoms. The number of benzene rings is 3. The van der Waals surface area contributed by atoms with Crippen LogP contribution in [0.3, 0.4) is 0 Å². The Morgan fingerprint density at radius 2 is 1.76 bits per heavy atom. The van der Waals surface area contributed by atoms with E-state index in [4.69, 9.17) is 21.4 Å². The molecule has 0 saturated carbocycles. The topological polar surface area (TPSA) is 105 Å². The minimum Gasteiger partial charge on any atom is -0.440 e. The lowest BCUT2D eigenvalue weighted by molar-refractivity contribution is -0.0584. The zero-order valence-corrected chi connectivity index (χ0v) is 23.3. The summed E-state index contributed by atoms with van der Waals surface area (Å²) >= 11 is 6.00. The van der Waals surface area contributed by atoms with E-state index in [2.05, 4.69) is 15.0 Å².